The summed E-state index contributed by atoms with van der Waals surface area (Å²) in [7, 11) is -6.74. The van der Waals surface area contributed by atoms with E-state index in [0.717, 1.165) is 0 Å². The first-order chi connectivity index (χ1) is 3.46. The van der Waals surface area contributed by atoms with Crippen molar-refractivity contribution in [3.05, 3.63) is 0 Å². The minimum Gasteiger partial charge on any atom is -0.598 e. The second-order valence-electron chi connectivity index (χ2n) is 0.447. The Balaban J connectivity index is -0.0000000720. The molecule has 0 aliphatic rings. The third kappa shape index (κ3) is 183000. The highest BCUT2D eigenvalue weighted by Crippen LogP contribution is 1.80. The van der Waals surface area contributed by atoms with E-state index in [0.29, 0.717) is 0 Å². The van der Waals surface area contributed by atoms with Crippen LogP contribution in [0.5, 0.6) is 0 Å². The van der Waals surface area contributed by atoms with E-state index in [9.17, 15) is 0 Å². The van der Waals surface area contributed by atoms with Gasteiger partial charge in [-0.25, -0.2) is 0 Å². The Morgan fingerprint density at radius 1 is 0.778 bits per heavy atom. The molecule has 0 aromatic heterocycles. The average molecular weight is 174 g/mol. The van der Waals surface area contributed by atoms with Crippen molar-refractivity contribution >= 4 is 16.5 Å². The smallest absolute Gasteiger partial charge is 0.276 e. The highest BCUT2D eigenvalue weighted by Gasteiger charge is 1.53. The molecular weight excluding hydrogens is 170 g/mol. The molecule has 0 unspecified atom stereocenters. The lowest BCUT2D eigenvalue weighted by atomic mass is 12.0. The number of hydrogen-bond donors (Lipinski definition) is 0. The Labute approximate surface area is 53.7 Å². The maximum atomic E-state index is 8.48. The van der Waals surface area contributed by atoms with Gasteiger partial charge in [-0.05, 0) is 0 Å². The van der Waals surface area contributed by atoms with Crippen LogP contribution >= 0.6 is 16.5 Å². The van der Waals surface area contributed by atoms with Crippen molar-refractivity contribution in [2.75, 3.05) is 0 Å². The van der Waals surface area contributed by atoms with E-state index in [1.54, 1.807) is 0 Å². The van der Waals surface area contributed by atoms with Crippen LogP contribution in [0.4, 0.5) is 0 Å². The highest BCUT2D eigenvalue weighted by molar-refractivity contribution is 7.27. The van der Waals surface area contributed by atoms with Crippen molar-refractivity contribution in [2.45, 2.75) is 7.43 Å². The molecule has 56 valence electrons. The number of hydrogen-bond acceptors (Lipinski definition) is 6. The van der Waals surface area contributed by atoms with Crippen LogP contribution < -0.4 is 19.6 Å². The van der Waals surface area contributed by atoms with Gasteiger partial charge in [0.05, 0.1) is 0 Å². The first kappa shape index (κ1) is 16.0. The van der Waals surface area contributed by atoms with Crippen LogP contribution in [0.2, 0.25) is 0 Å². The molecule has 0 saturated carbocycles. The lowest BCUT2D eigenvalue weighted by molar-refractivity contribution is -0.298. The topological polar surface area (TPSA) is 126 Å². The zero-order valence-corrected chi connectivity index (χ0v) is 5.13. The fraction of sp³-hybridized carbons (Fsp3) is 1.00. The van der Waals surface area contributed by atoms with Crippen LogP contribution in [0.1, 0.15) is 7.43 Å². The zero-order chi connectivity index (χ0) is 7.15. The number of rotatable bonds is 0. The Morgan fingerprint density at radius 2 is 0.778 bits per heavy atom. The second-order valence-corrected chi connectivity index (χ2v) is 1.34. The van der Waals surface area contributed by atoms with Crippen molar-refractivity contribution in [3.8, 4) is 0 Å². The van der Waals surface area contributed by atoms with Gasteiger partial charge in [-0.2, -0.15) is 0 Å². The summed E-state index contributed by atoms with van der Waals surface area (Å²) in [6, 6.07) is 0. The fourth-order valence-electron chi connectivity index (χ4n) is 0. The molecule has 0 atom stereocenters. The SMILES string of the molecule is C.O=[P+]([O-])[O-].O=[P+]([O-])[O-]. The van der Waals surface area contributed by atoms with Gasteiger partial charge in [-0.1, -0.05) is 16.6 Å². The molecule has 0 amide bonds. The van der Waals surface area contributed by atoms with Crippen molar-refractivity contribution in [1.82, 2.24) is 0 Å². The third-order valence-corrected chi connectivity index (χ3v) is 0. The average Bonchev–Trinajstić information content (AvgIpc) is 1.25. The molecular formula is CH4O6P2-2. The van der Waals surface area contributed by atoms with E-state index >= 15 is 0 Å². The summed E-state index contributed by atoms with van der Waals surface area (Å²) in [6.45, 7) is 0. The quantitative estimate of drug-likeness (QED) is 0.369. The predicted molar refractivity (Wildman–Crippen MR) is 21.9 cm³/mol. The lowest BCUT2D eigenvalue weighted by Crippen LogP contribution is -1.97. The zero-order valence-electron chi connectivity index (χ0n) is 3.34. The van der Waals surface area contributed by atoms with E-state index in [4.69, 9.17) is 28.7 Å². The summed E-state index contributed by atoms with van der Waals surface area (Å²) in [6.07, 6.45) is 0. The molecule has 0 saturated heterocycles. The van der Waals surface area contributed by atoms with Gasteiger partial charge in [0.1, 0.15) is 0 Å². The third-order valence-electron chi connectivity index (χ3n) is 0. The molecule has 9 heavy (non-hydrogen) atoms. The maximum absolute atomic E-state index is 8.48. The summed E-state index contributed by atoms with van der Waals surface area (Å²) in [5.74, 6) is 0. The van der Waals surface area contributed by atoms with Crippen molar-refractivity contribution < 1.29 is 28.7 Å². The largest absolute Gasteiger partial charge is 0.598 e. The van der Waals surface area contributed by atoms with Crippen LogP contribution in [0.3, 0.4) is 0 Å². The first-order valence-electron chi connectivity index (χ1n) is 1.10. The monoisotopic (exact) mass is 174 g/mol. The Hall–Kier alpha value is 0.0400. The molecule has 8 heteroatoms. The summed E-state index contributed by atoms with van der Waals surface area (Å²) in [5, 5.41) is 0. The van der Waals surface area contributed by atoms with Gasteiger partial charge in [0.15, 0.2) is 0 Å². The van der Waals surface area contributed by atoms with Gasteiger partial charge < -0.3 is 19.6 Å². The highest BCUT2D eigenvalue weighted by atomic mass is 31.1. The standard InChI is InChI=1S/CH4.2HO3P/c;2*1-4(2)3/h1H4;2*(H,1,2,3)/p-2. The summed E-state index contributed by atoms with van der Waals surface area (Å²) in [5.41, 5.74) is 0. The maximum Gasteiger partial charge on any atom is 0.276 e. The molecule has 0 radical (unpaired) electrons. The van der Waals surface area contributed by atoms with Crippen LogP contribution in [-0.4, -0.2) is 0 Å². The molecule has 0 N–H and O–H groups in total. The molecule has 6 nitrogen and oxygen atoms in total. The fourth-order valence-corrected chi connectivity index (χ4v) is 0. The molecule has 0 aromatic carbocycles. The molecule has 0 aromatic rings. The van der Waals surface area contributed by atoms with Crippen molar-refractivity contribution in [1.29, 1.82) is 0 Å². The van der Waals surface area contributed by atoms with Gasteiger partial charge in [0.25, 0.3) is 16.5 Å². The van der Waals surface area contributed by atoms with Crippen LogP contribution in [-0.2, 0) is 9.13 Å². The van der Waals surface area contributed by atoms with E-state index in [1.165, 1.54) is 0 Å². The second kappa shape index (κ2) is 10.9. The predicted octanol–water partition coefficient (Wildman–Crippen LogP) is -2.64. The normalized spacial score (nSPS) is 5.78. The summed E-state index contributed by atoms with van der Waals surface area (Å²) >= 11 is 0. The van der Waals surface area contributed by atoms with E-state index in [-0.39, 0.29) is 7.43 Å². The Bertz CT molecular complexity index is 69.1. The van der Waals surface area contributed by atoms with Crippen LogP contribution in [0.25, 0.3) is 0 Å². The van der Waals surface area contributed by atoms with Gasteiger partial charge in [-0.3, -0.25) is 0 Å². The molecule has 0 fully saturated rings. The van der Waals surface area contributed by atoms with E-state index in [2.05, 4.69) is 0 Å². The first-order valence-corrected chi connectivity index (χ1v) is 3.29. The van der Waals surface area contributed by atoms with Crippen LogP contribution in [0.15, 0.2) is 0 Å². The summed E-state index contributed by atoms with van der Waals surface area (Å²) in [4.78, 5) is 33.9. The molecule has 0 aliphatic carbocycles. The van der Waals surface area contributed by atoms with Gasteiger partial charge >= 0.3 is 0 Å². The summed E-state index contributed by atoms with van der Waals surface area (Å²) < 4.78 is 17.0. The van der Waals surface area contributed by atoms with Gasteiger partial charge in [0, 0.05) is 0 Å². The van der Waals surface area contributed by atoms with E-state index < -0.39 is 16.5 Å². The Kier molecular flexibility index (Phi) is 19.4. The molecule has 0 aliphatic heterocycles. The van der Waals surface area contributed by atoms with Gasteiger partial charge in [0.2, 0.25) is 0 Å². The molecule has 0 heterocycles. The van der Waals surface area contributed by atoms with Crippen molar-refractivity contribution in [3.63, 3.8) is 0 Å². The molecule has 0 spiro atoms. The van der Waals surface area contributed by atoms with E-state index in [1.807, 2.05) is 0 Å². The minimum atomic E-state index is -3.37. The van der Waals surface area contributed by atoms with Gasteiger partial charge in [-0.15, -0.1) is 0 Å². The lowest BCUT2D eigenvalue weighted by Gasteiger charge is -1.75. The van der Waals surface area contributed by atoms with Crippen LogP contribution in [0, 0.1) is 0 Å². The van der Waals surface area contributed by atoms with Crippen molar-refractivity contribution in [2.24, 2.45) is 0 Å². The Morgan fingerprint density at radius 3 is 0.778 bits per heavy atom. The molecule has 0 bridgehead atoms. The molecule has 0 rings (SSSR count). The minimum absolute atomic E-state index is 0.